The molecule has 1 saturated heterocycles. The third-order valence-corrected chi connectivity index (χ3v) is 4.76. The maximum atomic E-state index is 3.71. The molecule has 4 atom stereocenters. The summed E-state index contributed by atoms with van der Waals surface area (Å²) in [5.41, 5.74) is 1.43. The molecule has 1 heterocycles. The molecule has 0 aliphatic carbocycles. The minimum atomic E-state index is 0.504. The van der Waals surface area contributed by atoms with Gasteiger partial charge in [-0.3, -0.25) is 4.90 Å². The van der Waals surface area contributed by atoms with Gasteiger partial charge in [0.1, 0.15) is 0 Å². The Labute approximate surface area is 118 Å². The Bertz CT molecular complexity index is 376. The van der Waals surface area contributed by atoms with Crippen LogP contribution in [0.15, 0.2) is 30.3 Å². The molecule has 1 aliphatic heterocycles. The van der Waals surface area contributed by atoms with Gasteiger partial charge < -0.3 is 5.32 Å². The van der Waals surface area contributed by atoms with E-state index in [-0.39, 0.29) is 0 Å². The van der Waals surface area contributed by atoms with Crippen LogP contribution in [0.2, 0.25) is 0 Å². The van der Waals surface area contributed by atoms with E-state index in [2.05, 4.69) is 68.2 Å². The minimum Gasteiger partial charge on any atom is -0.311 e. The molecule has 0 bridgehead atoms. The van der Waals surface area contributed by atoms with Crippen molar-refractivity contribution in [3.05, 3.63) is 35.9 Å². The number of rotatable bonds is 4. The van der Waals surface area contributed by atoms with Crippen molar-refractivity contribution in [3.63, 3.8) is 0 Å². The molecule has 2 rings (SSSR count). The van der Waals surface area contributed by atoms with Gasteiger partial charge >= 0.3 is 0 Å². The quantitative estimate of drug-likeness (QED) is 0.892. The Morgan fingerprint density at radius 3 is 2.58 bits per heavy atom. The average Bonchev–Trinajstić information content (AvgIpc) is 2.47. The van der Waals surface area contributed by atoms with Gasteiger partial charge in [0.2, 0.25) is 0 Å². The van der Waals surface area contributed by atoms with Gasteiger partial charge in [-0.2, -0.15) is 0 Å². The summed E-state index contributed by atoms with van der Waals surface area (Å²) in [5, 5.41) is 3.71. The standard InChI is InChI=1S/C17H28N2/c1-5-13(2)17-12-19(14(3)11-18-17)15(4)16-9-7-6-8-10-16/h6-10,13-15,17-18H,5,11-12H2,1-4H3. The van der Waals surface area contributed by atoms with E-state index in [9.17, 15) is 0 Å². The molecule has 19 heavy (non-hydrogen) atoms. The van der Waals surface area contributed by atoms with Crippen LogP contribution < -0.4 is 5.32 Å². The first-order valence-electron chi connectivity index (χ1n) is 7.67. The summed E-state index contributed by atoms with van der Waals surface area (Å²) in [6, 6.07) is 12.6. The van der Waals surface area contributed by atoms with Crippen LogP contribution in [0, 0.1) is 5.92 Å². The molecule has 0 amide bonds. The molecule has 0 spiro atoms. The van der Waals surface area contributed by atoms with Crippen LogP contribution in [0.1, 0.15) is 45.7 Å². The predicted molar refractivity (Wildman–Crippen MR) is 82.3 cm³/mol. The molecule has 0 radical (unpaired) electrons. The highest BCUT2D eigenvalue weighted by Gasteiger charge is 2.30. The molecule has 2 nitrogen and oxygen atoms in total. The molecule has 1 aliphatic rings. The van der Waals surface area contributed by atoms with Crippen LogP contribution in [0.4, 0.5) is 0 Å². The third-order valence-electron chi connectivity index (χ3n) is 4.76. The number of nitrogens with zero attached hydrogens (tertiary/aromatic N) is 1. The summed E-state index contributed by atoms with van der Waals surface area (Å²) in [7, 11) is 0. The van der Waals surface area contributed by atoms with Gasteiger partial charge in [0.05, 0.1) is 0 Å². The lowest BCUT2D eigenvalue weighted by Crippen LogP contribution is -2.57. The molecule has 1 aromatic rings. The Morgan fingerprint density at radius 1 is 1.26 bits per heavy atom. The van der Waals surface area contributed by atoms with Crippen molar-refractivity contribution in [3.8, 4) is 0 Å². The van der Waals surface area contributed by atoms with E-state index in [0.29, 0.717) is 18.1 Å². The molecular weight excluding hydrogens is 232 g/mol. The second-order valence-corrected chi connectivity index (χ2v) is 6.03. The molecule has 2 heteroatoms. The predicted octanol–water partition coefficient (Wildman–Crippen LogP) is 3.46. The fraction of sp³-hybridized carbons (Fsp3) is 0.647. The number of piperazine rings is 1. The summed E-state index contributed by atoms with van der Waals surface area (Å²) >= 11 is 0. The number of benzene rings is 1. The zero-order valence-corrected chi connectivity index (χ0v) is 12.8. The zero-order chi connectivity index (χ0) is 13.8. The normalized spacial score (nSPS) is 28.0. The monoisotopic (exact) mass is 260 g/mol. The average molecular weight is 260 g/mol. The molecule has 1 aromatic carbocycles. The molecular formula is C17H28N2. The van der Waals surface area contributed by atoms with Crippen molar-refractivity contribution in [2.45, 2.75) is 52.2 Å². The van der Waals surface area contributed by atoms with E-state index < -0.39 is 0 Å². The van der Waals surface area contributed by atoms with E-state index in [0.717, 1.165) is 19.0 Å². The summed E-state index contributed by atoms with van der Waals surface area (Å²) < 4.78 is 0. The molecule has 0 saturated carbocycles. The maximum absolute atomic E-state index is 3.71. The fourth-order valence-electron chi connectivity index (χ4n) is 3.04. The van der Waals surface area contributed by atoms with Crippen LogP contribution >= 0.6 is 0 Å². The summed E-state index contributed by atoms with van der Waals surface area (Å²) in [6.07, 6.45) is 1.25. The van der Waals surface area contributed by atoms with Gasteiger partial charge in [0.25, 0.3) is 0 Å². The van der Waals surface area contributed by atoms with E-state index in [1.54, 1.807) is 0 Å². The molecule has 1 fully saturated rings. The van der Waals surface area contributed by atoms with Gasteiger partial charge in [0, 0.05) is 31.2 Å². The summed E-state index contributed by atoms with van der Waals surface area (Å²) in [6.45, 7) is 11.6. The number of nitrogens with one attached hydrogen (secondary N) is 1. The zero-order valence-electron chi connectivity index (χ0n) is 12.8. The van der Waals surface area contributed by atoms with Crippen molar-refractivity contribution in [1.29, 1.82) is 0 Å². The van der Waals surface area contributed by atoms with Gasteiger partial charge in [-0.05, 0) is 25.3 Å². The number of hydrogen-bond acceptors (Lipinski definition) is 2. The lowest BCUT2D eigenvalue weighted by molar-refractivity contribution is 0.0819. The second-order valence-electron chi connectivity index (χ2n) is 6.03. The maximum Gasteiger partial charge on any atom is 0.0323 e. The molecule has 106 valence electrons. The van der Waals surface area contributed by atoms with Crippen LogP contribution in [-0.2, 0) is 0 Å². The first-order valence-corrected chi connectivity index (χ1v) is 7.67. The third kappa shape index (κ3) is 3.37. The molecule has 0 aromatic heterocycles. The largest absolute Gasteiger partial charge is 0.311 e. The Hall–Kier alpha value is -0.860. The topological polar surface area (TPSA) is 15.3 Å². The van der Waals surface area contributed by atoms with Crippen molar-refractivity contribution < 1.29 is 0 Å². The highest BCUT2D eigenvalue weighted by molar-refractivity contribution is 5.18. The Balaban J connectivity index is 2.08. The Kier molecular flexibility index (Phi) is 5.00. The van der Waals surface area contributed by atoms with Gasteiger partial charge in [-0.15, -0.1) is 0 Å². The van der Waals surface area contributed by atoms with Crippen molar-refractivity contribution in [2.75, 3.05) is 13.1 Å². The lowest BCUT2D eigenvalue weighted by atomic mass is 9.94. The van der Waals surface area contributed by atoms with Crippen molar-refractivity contribution in [2.24, 2.45) is 5.92 Å². The summed E-state index contributed by atoms with van der Waals surface area (Å²) in [5.74, 6) is 0.748. The van der Waals surface area contributed by atoms with Crippen LogP contribution in [0.3, 0.4) is 0 Å². The minimum absolute atomic E-state index is 0.504. The fourth-order valence-corrected chi connectivity index (χ4v) is 3.04. The lowest BCUT2D eigenvalue weighted by Gasteiger charge is -2.44. The molecule has 4 unspecified atom stereocenters. The summed E-state index contributed by atoms with van der Waals surface area (Å²) in [4.78, 5) is 2.66. The highest BCUT2D eigenvalue weighted by Crippen LogP contribution is 2.26. The highest BCUT2D eigenvalue weighted by atomic mass is 15.2. The van der Waals surface area contributed by atoms with E-state index in [4.69, 9.17) is 0 Å². The van der Waals surface area contributed by atoms with E-state index in [1.165, 1.54) is 12.0 Å². The van der Waals surface area contributed by atoms with Crippen molar-refractivity contribution in [1.82, 2.24) is 10.2 Å². The Morgan fingerprint density at radius 2 is 1.95 bits per heavy atom. The number of hydrogen-bond donors (Lipinski definition) is 1. The van der Waals surface area contributed by atoms with Crippen LogP contribution in [0.5, 0.6) is 0 Å². The van der Waals surface area contributed by atoms with E-state index in [1.807, 2.05) is 0 Å². The SMILES string of the molecule is CCC(C)C1CN(C(C)c2ccccc2)C(C)CN1. The smallest absolute Gasteiger partial charge is 0.0323 e. The first kappa shape index (κ1) is 14.5. The first-order chi connectivity index (χ1) is 9.13. The van der Waals surface area contributed by atoms with Gasteiger partial charge in [0.15, 0.2) is 0 Å². The second kappa shape index (κ2) is 6.53. The van der Waals surface area contributed by atoms with Crippen LogP contribution in [-0.4, -0.2) is 30.1 Å². The van der Waals surface area contributed by atoms with E-state index >= 15 is 0 Å². The van der Waals surface area contributed by atoms with Crippen LogP contribution in [0.25, 0.3) is 0 Å². The molecule has 1 N–H and O–H groups in total. The van der Waals surface area contributed by atoms with Crippen molar-refractivity contribution >= 4 is 0 Å². The van der Waals surface area contributed by atoms with Gasteiger partial charge in [-0.25, -0.2) is 0 Å². The van der Waals surface area contributed by atoms with Gasteiger partial charge in [-0.1, -0.05) is 50.6 Å².